The van der Waals surface area contributed by atoms with Gasteiger partial charge in [0.05, 0.1) is 0 Å². The van der Waals surface area contributed by atoms with Gasteiger partial charge in [-0.25, -0.2) is 0 Å². The minimum Gasteiger partial charge on any atom is -0.265 e. The Labute approximate surface area is 201 Å². The molecule has 2 nitrogen and oxygen atoms in total. The van der Waals surface area contributed by atoms with Crippen molar-refractivity contribution in [1.29, 1.82) is 0 Å². The number of benzene rings is 2. The van der Waals surface area contributed by atoms with Crippen LogP contribution in [0.5, 0.6) is 0 Å². The zero-order chi connectivity index (χ0) is 23.2. The first-order valence-electron chi connectivity index (χ1n) is 12.1. The van der Waals surface area contributed by atoms with E-state index in [2.05, 4.69) is 104 Å². The Bertz CT molecular complexity index is 1320. The Hall–Kier alpha value is -3.78. The van der Waals surface area contributed by atoms with Crippen molar-refractivity contribution < 1.29 is 0 Å². The third kappa shape index (κ3) is 3.42. The molecule has 2 heteroatoms. The largest absolute Gasteiger partial charge is 0.265 e. The van der Waals surface area contributed by atoms with Crippen LogP contribution in [0.4, 0.5) is 0 Å². The summed E-state index contributed by atoms with van der Waals surface area (Å²) in [5.41, 5.74) is 13.5. The van der Waals surface area contributed by atoms with Crippen molar-refractivity contribution in [1.82, 2.24) is 9.97 Å². The van der Waals surface area contributed by atoms with Gasteiger partial charge < -0.3 is 0 Å². The van der Waals surface area contributed by atoms with E-state index in [-0.39, 0.29) is 0 Å². The van der Waals surface area contributed by atoms with Gasteiger partial charge in [0.15, 0.2) is 0 Å². The first-order valence-corrected chi connectivity index (χ1v) is 12.1. The van der Waals surface area contributed by atoms with E-state index in [9.17, 15) is 0 Å². The van der Waals surface area contributed by atoms with Crippen LogP contribution in [0.25, 0.3) is 34.4 Å². The number of nitrogens with zero attached hydrogens (tertiary/aromatic N) is 2. The zero-order valence-corrected chi connectivity index (χ0v) is 19.9. The average molecular weight is 441 g/mol. The highest BCUT2D eigenvalue weighted by Gasteiger charge is 2.36. The molecule has 2 aromatic carbocycles. The molecular weight excluding hydrogens is 412 g/mol. The normalized spacial score (nSPS) is 19.3. The van der Waals surface area contributed by atoms with Crippen molar-refractivity contribution in [2.75, 3.05) is 0 Å². The molecular formula is C32H28N2. The summed E-state index contributed by atoms with van der Waals surface area (Å²) in [6.45, 7) is 7.04. The number of pyridine rings is 2. The van der Waals surface area contributed by atoms with E-state index in [1.807, 2.05) is 24.8 Å². The van der Waals surface area contributed by atoms with E-state index < -0.39 is 0 Å². The summed E-state index contributed by atoms with van der Waals surface area (Å²) < 4.78 is 0. The van der Waals surface area contributed by atoms with Crippen LogP contribution >= 0.6 is 0 Å². The molecule has 4 aromatic rings. The van der Waals surface area contributed by atoms with Gasteiger partial charge in [0.1, 0.15) is 0 Å². The second-order valence-electron chi connectivity index (χ2n) is 9.75. The fraction of sp³-hybridized carbons (Fsp3) is 0.188. The van der Waals surface area contributed by atoms with E-state index in [1.165, 1.54) is 55.7 Å². The fourth-order valence-electron chi connectivity index (χ4n) is 6.15. The van der Waals surface area contributed by atoms with Gasteiger partial charge in [-0.2, -0.15) is 0 Å². The molecule has 0 aliphatic heterocycles. The molecule has 2 aromatic heterocycles. The number of fused-ring (bicyclic) bond motifs is 2. The number of allylic oxidation sites excluding steroid dienone is 2. The Morgan fingerprint density at radius 1 is 0.559 bits per heavy atom. The fourth-order valence-corrected chi connectivity index (χ4v) is 6.15. The van der Waals surface area contributed by atoms with Crippen molar-refractivity contribution in [3.8, 4) is 22.3 Å². The summed E-state index contributed by atoms with van der Waals surface area (Å²) in [4.78, 5) is 8.38. The summed E-state index contributed by atoms with van der Waals surface area (Å²) in [7, 11) is 0. The highest BCUT2D eigenvalue weighted by molar-refractivity contribution is 5.75. The van der Waals surface area contributed by atoms with Crippen LogP contribution < -0.4 is 0 Å². The van der Waals surface area contributed by atoms with E-state index in [0.717, 1.165) is 0 Å². The molecule has 6 rings (SSSR count). The summed E-state index contributed by atoms with van der Waals surface area (Å²) >= 11 is 0. The van der Waals surface area contributed by atoms with Crippen molar-refractivity contribution in [2.45, 2.75) is 32.6 Å². The van der Waals surface area contributed by atoms with Crippen molar-refractivity contribution in [3.63, 3.8) is 0 Å². The van der Waals surface area contributed by atoms with Crippen LogP contribution in [-0.2, 0) is 0 Å². The molecule has 34 heavy (non-hydrogen) atoms. The van der Waals surface area contributed by atoms with E-state index in [4.69, 9.17) is 0 Å². The maximum Gasteiger partial charge on any atom is 0.0273 e. The molecule has 2 atom stereocenters. The summed E-state index contributed by atoms with van der Waals surface area (Å²) in [5, 5.41) is 0. The van der Waals surface area contributed by atoms with Crippen LogP contribution in [0.3, 0.4) is 0 Å². The molecule has 2 heterocycles. The van der Waals surface area contributed by atoms with Crippen LogP contribution in [0, 0.1) is 5.92 Å². The maximum absolute atomic E-state index is 4.19. The van der Waals surface area contributed by atoms with Crippen LogP contribution in [0.15, 0.2) is 96.6 Å². The summed E-state index contributed by atoms with van der Waals surface area (Å²) in [5.74, 6) is 1.26. The topological polar surface area (TPSA) is 25.8 Å². The van der Waals surface area contributed by atoms with Crippen LogP contribution in [0.2, 0.25) is 0 Å². The summed E-state index contributed by atoms with van der Waals surface area (Å²) in [6.07, 6.45) is 12.3. The molecule has 2 aliphatic rings. The molecule has 0 amide bonds. The Balaban J connectivity index is 1.39. The van der Waals surface area contributed by atoms with Gasteiger partial charge in [-0.05, 0) is 101 Å². The van der Waals surface area contributed by atoms with Gasteiger partial charge in [0, 0.05) is 36.6 Å². The lowest BCUT2D eigenvalue weighted by Crippen LogP contribution is -2.18. The van der Waals surface area contributed by atoms with Gasteiger partial charge >= 0.3 is 0 Å². The molecule has 166 valence electrons. The first-order chi connectivity index (χ1) is 16.6. The smallest absolute Gasteiger partial charge is 0.0273 e. The van der Waals surface area contributed by atoms with Gasteiger partial charge in [-0.3, -0.25) is 9.97 Å². The number of rotatable bonds is 4. The predicted molar refractivity (Wildman–Crippen MR) is 141 cm³/mol. The zero-order valence-electron chi connectivity index (χ0n) is 19.9. The van der Waals surface area contributed by atoms with Crippen molar-refractivity contribution in [2.24, 2.45) is 5.92 Å². The number of hydrogen-bond donors (Lipinski definition) is 0. The minimum atomic E-state index is 0.403. The number of aromatic nitrogens is 2. The van der Waals surface area contributed by atoms with Crippen LogP contribution in [0.1, 0.15) is 54.9 Å². The summed E-state index contributed by atoms with van der Waals surface area (Å²) in [6, 6.07) is 22.2. The Kier molecular flexibility index (Phi) is 5.03. The van der Waals surface area contributed by atoms with Crippen molar-refractivity contribution in [3.05, 3.63) is 119 Å². The SMILES string of the molecule is CC1=Cc2ccc(-c3ccncc3)cc2C1C(C)C1C(C)=Cc2ccc(-c3ccncc3)cc21. The van der Waals surface area contributed by atoms with Gasteiger partial charge in [0.2, 0.25) is 0 Å². The maximum atomic E-state index is 4.19. The average Bonchev–Trinajstić information content (AvgIpc) is 3.38. The highest BCUT2D eigenvalue weighted by atomic mass is 14.6. The molecule has 0 spiro atoms. The standard InChI is InChI=1S/C32H28N2/c1-20-16-27-6-4-25(23-8-12-33-13-9-23)18-29(27)31(20)22(3)32-21(2)17-28-7-5-26(19-30(28)32)24-10-14-34-15-11-24/h4-19,22,31-32H,1-3H3. The second kappa shape index (κ2) is 8.22. The van der Waals surface area contributed by atoms with E-state index in [0.29, 0.717) is 17.8 Å². The molecule has 0 fully saturated rings. The molecule has 0 saturated heterocycles. The van der Waals surface area contributed by atoms with Gasteiger partial charge in [-0.15, -0.1) is 0 Å². The molecule has 2 unspecified atom stereocenters. The highest BCUT2D eigenvalue weighted by Crippen LogP contribution is 2.52. The number of hydrogen-bond acceptors (Lipinski definition) is 2. The molecule has 2 aliphatic carbocycles. The van der Waals surface area contributed by atoms with Crippen LogP contribution in [-0.4, -0.2) is 9.97 Å². The molecule has 0 saturated carbocycles. The third-order valence-electron chi connectivity index (χ3n) is 7.67. The first kappa shape index (κ1) is 20.8. The predicted octanol–water partition coefficient (Wildman–Crippen LogP) is 8.15. The quantitative estimate of drug-likeness (QED) is 0.320. The molecule has 0 radical (unpaired) electrons. The lowest BCUT2D eigenvalue weighted by Gasteiger charge is -2.30. The lowest BCUT2D eigenvalue weighted by atomic mass is 9.73. The monoisotopic (exact) mass is 440 g/mol. The Morgan fingerprint density at radius 3 is 1.38 bits per heavy atom. The van der Waals surface area contributed by atoms with Gasteiger partial charge in [0.25, 0.3) is 0 Å². The lowest BCUT2D eigenvalue weighted by molar-refractivity contribution is 0.455. The molecule has 0 bridgehead atoms. The van der Waals surface area contributed by atoms with E-state index >= 15 is 0 Å². The van der Waals surface area contributed by atoms with Gasteiger partial charge in [-0.1, -0.05) is 54.5 Å². The molecule has 0 N–H and O–H groups in total. The van der Waals surface area contributed by atoms with Crippen molar-refractivity contribution >= 4 is 12.2 Å². The minimum absolute atomic E-state index is 0.403. The van der Waals surface area contributed by atoms with E-state index in [1.54, 1.807) is 0 Å². The third-order valence-corrected chi connectivity index (χ3v) is 7.67. The second-order valence-corrected chi connectivity index (χ2v) is 9.75. The Morgan fingerprint density at radius 2 is 0.971 bits per heavy atom.